The highest BCUT2D eigenvalue weighted by molar-refractivity contribution is 5.46. The molecule has 1 atom stereocenters. The molecule has 0 saturated heterocycles. The Labute approximate surface area is 111 Å². The molecule has 1 aliphatic rings. The number of hydrogen-bond donors (Lipinski definition) is 2. The number of hydrogen-bond acceptors (Lipinski definition) is 2. The van der Waals surface area contributed by atoms with Crippen molar-refractivity contribution < 1.29 is 0 Å². The van der Waals surface area contributed by atoms with Crippen molar-refractivity contribution in [3.63, 3.8) is 0 Å². The molecule has 2 heteroatoms. The van der Waals surface area contributed by atoms with E-state index in [2.05, 4.69) is 24.4 Å². The molecule has 1 aromatic rings. The molecule has 1 aliphatic carbocycles. The fourth-order valence-corrected chi connectivity index (χ4v) is 3.12. The van der Waals surface area contributed by atoms with Gasteiger partial charge in [-0.2, -0.15) is 0 Å². The molecule has 3 N–H and O–H groups in total. The van der Waals surface area contributed by atoms with Crippen LogP contribution in [0.5, 0.6) is 0 Å². The van der Waals surface area contributed by atoms with Crippen LogP contribution in [0, 0.1) is 5.92 Å². The summed E-state index contributed by atoms with van der Waals surface area (Å²) in [6.45, 7) is 3.20. The van der Waals surface area contributed by atoms with Gasteiger partial charge in [-0.25, -0.2) is 0 Å². The van der Waals surface area contributed by atoms with Crippen LogP contribution in [0.1, 0.15) is 51.0 Å². The first-order chi connectivity index (χ1) is 8.81. The highest BCUT2D eigenvalue weighted by Crippen LogP contribution is 2.28. The predicted octanol–water partition coefficient (Wildman–Crippen LogP) is 3.72. The molecule has 0 aliphatic heterocycles. The highest BCUT2D eigenvalue weighted by atomic mass is 14.9. The molecular formula is C16H26N2. The number of anilines is 1. The van der Waals surface area contributed by atoms with Gasteiger partial charge in [-0.05, 0) is 36.8 Å². The standard InChI is InChI=1S/C16H26N2/c1-2-16(13-8-4-3-5-9-13)18-12-14-10-6-7-11-15(14)17/h6-7,10-11,13,16,18H,2-5,8-9,12,17H2,1H3. The van der Waals surface area contributed by atoms with Crippen molar-refractivity contribution in [2.24, 2.45) is 5.92 Å². The second kappa shape index (κ2) is 6.79. The zero-order valence-corrected chi connectivity index (χ0v) is 11.5. The lowest BCUT2D eigenvalue weighted by Crippen LogP contribution is -2.36. The molecule has 1 fully saturated rings. The minimum Gasteiger partial charge on any atom is -0.398 e. The average molecular weight is 246 g/mol. The van der Waals surface area contributed by atoms with Gasteiger partial charge in [0.05, 0.1) is 0 Å². The number of rotatable bonds is 5. The normalized spacial score (nSPS) is 18.7. The minimum atomic E-state index is 0.657. The van der Waals surface area contributed by atoms with Gasteiger partial charge in [0.25, 0.3) is 0 Å². The predicted molar refractivity (Wildman–Crippen MR) is 78.3 cm³/mol. The molecule has 1 saturated carbocycles. The fourth-order valence-electron chi connectivity index (χ4n) is 3.12. The summed E-state index contributed by atoms with van der Waals surface area (Å²) in [5.41, 5.74) is 8.12. The van der Waals surface area contributed by atoms with Gasteiger partial charge >= 0.3 is 0 Å². The lowest BCUT2D eigenvalue weighted by molar-refractivity contribution is 0.262. The van der Waals surface area contributed by atoms with E-state index in [0.717, 1.165) is 18.2 Å². The number of nitrogens with two attached hydrogens (primary N) is 1. The third-order valence-electron chi connectivity index (χ3n) is 4.27. The molecule has 100 valence electrons. The molecular weight excluding hydrogens is 220 g/mol. The summed E-state index contributed by atoms with van der Waals surface area (Å²) in [5, 5.41) is 3.72. The lowest BCUT2D eigenvalue weighted by Gasteiger charge is -2.30. The van der Waals surface area contributed by atoms with Crippen LogP contribution in [-0.2, 0) is 6.54 Å². The van der Waals surface area contributed by atoms with Crippen LogP contribution in [0.25, 0.3) is 0 Å². The van der Waals surface area contributed by atoms with Crippen molar-refractivity contribution >= 4 is 5.69 Å². The Hall–Kier alpha value is -1.02. The van der Waals surface area contributed by atoms with E-state index in [9.17, 15) is 0 Å². The Bertz CT molecular complexity index is 356. The maximum Gasteiger partial charge on any atom is 0.0359 e. The van der Waals surface area contributed by atoms with Gasteiger partial charge in [0.2, 0.25) is 0 Å². The molecule has 1 unspecified atom stereocenters. The van der Waals surface area contributed by atoms with Gasteiger partial charge in [0.1, 0.15) is 0 Å². The summed E-state index contributed by atoms with van der Waals surface area (Å²) in [5.74, 6) is 0.869. The van der Waals surface area contributed by atoms with Gasteiger partial charge in [0.15, 0.2) is 0 Å². The first-order valence-corrected chi connectivity index (χ1v) is 7.38. The van der Waals surface area contributed by atoms with E-state index in [0.29, 0.717) is 6.04 Å². The van der Waals surface area contributed by atoms with E-state index in [1.54, 1.807) is 0 Å². The van der Waals surface area contributed by atoms with Crippen LogP contribution in [0.15, 0.2) is 24.3 Å². The Kier molecular flexibility index (Phi) is 5.06. The largest absolute Gasteiger partial charge is 0.398 e. The Morgan fingerprint density at radius 1 is 1.22 bits per heavy atom. The number of benzene rings is 1. The monoisotopic (exact) mass is 246 g/mol. The van der Waals surface area contributed by atoms with Gasteiger partial charge in [-0.1, -0.05) is 44.4 Å². The third-order valence-corrected chi connectivity index (χ3v) is 4.27. The van der Waals surface area contributed by atoms with Gasteiger partial charge in [-0.3, -0.25) is 0 Å². The highest BCUT2D eigenvalue weighted by Gasteiger charge is 2.21. The second-order valence-electron chi connectivity index (χ2n) is 5.49. The number of nitrogens with one attached hydrogen (secondary N) is 1. The molecule has 0 spiro atoms. The van der Waals surface area contributed by atoms with Crippen LogP contribution < -0.4 is 11.1 Å². The Balaban J connectivity index is 1.88. The summed E-state index contributed by atoms with van der Waals surface area (Å²) >= 11 is 0. The SMILES string of the molecule is CCC(NCc1ccccc1N)C1CCCCC1. The quantitative estimate of drug-likeness (QED) is 0.777. The van der Waals surface area contributed by atoms with E-state index >= 15 is 0 Å². The maximum absolute atomic E-state index is 5.99. The van der Waals surface area contributed by atoms with E-state index in [1.807, 2.05) is 12.1 Å². The zero-order chi connectivity index (χ0) is 12.8. The molecule has 2 nitrogen and oxygen atoms in total. The first-order valence-electron chi connectivity index (χ1n) is 7.38. The van der Waals surface area contributed by atoms with Gasteiger partial charge < -0.3 is 11.1 Å². The van der Waals surface area contributed by atoms with Gasteiger partial charge in [-0.15, -0.1) is 0 Å². The van der Waals surface area contributed by atoms with Crippen LogP contribution in [0.2, 0.25) is 0 Å². The Morgan fingerprint density at radius 2 is 1.94 bits per heavy atom. The molecule has 0 heterocycles. The zero-order valence-electron chi connectivity index (χ0n) is 11.5. The van der Waals surface area contributed by atoms with Crippen LogP contribution >= 0.6 is 0 Å². The van der Waals surface area contributed by atoms with Crippen LogP contribution in [0.4, 0.5) is 5.69 Å². The maximum atomic E-state index is 5.99. The molecule has 1 aromatic carbocycles. The van der Waals surface area contributed by atoms with E-state index in [1.165, 1.54) is 44.1 Å². The van der Waals surface area contributed by atoms with Crippen molar-refractivity contribution in [1.29, 1.82) is 0 Å². The van der Waals surface area contributed by atoms with Crippen molar-refractivity contribution in [3.05, 3.63) is 29.8 Å². The summed E-state index contributed by atoms with van der Waals surface area (Å²) in [6, 6.07) is 8.82. The Morgan fingerprint density at radius 3 is 2.61 bits per heavy atom. The molecule has 18 heavy (non-hydrogen) atoms. The van der Waals surface area contributed by atoms with E-state index in [-0.39, 0.29) is 0 Å². The first kappa shape index (κ1) is 13.4. The molecule has 0 bridgehead atoms. The summed E-state index contributed by atoms with van der Waals surface area (Å²) in [6.07, 6.45) is 8.27. The molecule has 0 radical (unpaired) electrons. The van der Waals surface area contributed by atoms with Crippen molar-refractivity contribution in [2.75, 3.05) is 5.73 Å². The van der Waals surface area contributed by atoms with Crippen molar-refractivity contribution in [1.82, 2.24) is 5.32 Å². The third kappa shape index (κ3) is 3.49. The second-order valence-corrected chi connectivity index (χ2v) is 5.49. The van der Waals surface area contributed by atoms with Crippen molar-refractivity contribution in [2.45, 2.75) is 58.0 Å². The van der Waals surface area contributed by atoms with E-state index in [4.69, 9.17) is 5.73 Å². The average Bonchev–Trinajstić information content (AvgIpc) is 2.42. The van der Waals surface area contributed by atoms with Gasteiger partial charge in [0, 0.05) is 18.3 Å². The number of nitrogen functional groups attached to an aromatic ring is 1. The summed E-state index contributed by atoms with van der Waals surface area (Å²) < 4.78 is 0. The lowest BCUT2D eigenvalue weighted by atomic mass is 9.83. The van der Waals surface area contributed by atoms with Crippen molar-refractivity contribution in [3.8, 4) is 0 Å². The van der Waals surface area contributed by atoms with Crippen LogP contribution in [-0.4, -0.2) is 6.04 Å². The number of para-hydroxylation sites is 1. The summed E-state index contributed by atoms with van der Waals surface area (Å²) in [7, 11) is 0. The smallest absolute Gasteiger partial charge is 0.0359 e. The summed E-state index contributed by atoms with van der Waals surface area (Å²) in [4.78, 5) is 0. The molecule has 0 amide bonds. The fraction of sp³-hybridized carbons (Fsp3) is 0.625. The van der Waals surface area contributed by atoms with E-state index < -0.39 is 0 Å². The van der Waals surface area contributed by atoms with Crippen LogP contribution in [0.3, 0.4) is 0 Å². The topological polar surface area (TPSA) is 38.0 Å². The minimum absolute atomic E-state index is 0.657. The molecule has 0 aromatic heterocycles. The molecule has 2 rings (SSSR count).